The lowest BCUT2D eigenvalue weighted by Crippen LogP contribution is -2.50. The minimum atomic E-state index is 0. The van der Waals surface area contributed by atoms with Gasteiger partial charge < -0.3 is 19.7 Å². The summed E-state index contributed by atoms with van der Waals surface area (Å²) >= 11 is 0. The molecule has 0 spiro atoms. The smallest absolute Gasteiger partial charge is 0.193 e. The van der Waals surface area contributed by atoms with Crippen molar-refractivity contribution in [1.29, 1.82) is 0 Å². The van der Waals surface area contributed by atoms with Crippen LogP contribution in [0.3, 0.4) is 0 Å². The largest absolute Gasteiger partial charge is 0.376 e. The molecule has 3 rings (SSSR count). The van der Waals surface area contributed by atoms with Crippen LogP contribution in [0.25, 0.3) is 0 Å². The molecule has 136 valence electrons. The van der Waals surface area contributed by atoms with E-state index in [2.05, 4.69) is 20.3 Å². The van der Waals surface area contributed by atoms with Crippen LogP contribution in [0.5, 0.6) is 0 Å². The van der Waals surface area contributed by atoms with Crippen LogP contribution < -0.4 is 5.32 Å². The van der Waals surface area contributed by atoms with Gasteiger partial charge in [0.05, 0.1) is 25.5 Å². The quantitative estimate of drug-likeness (QED) is 0.431. The number of morpholine rings is 1. The molecule has 8 heteroatoms. The number of rotatable bonds is 3. The van der Waals surface area contributed by atoms with E-state index >= 15 is 0 Å². The van der Waals surface area contributed by atoms with Crippen LogP contribution in [-0.4, -0.2) is 66.6 Å². The van der Waals surface area contributed by atoms with E-state index in [1.165, 1.54) is 12.8 Å². The maximum Gasteiger partial charge on any atom is 0.193 e. The Labute approximate surface area is 160 Å². The predicted octanol–water partition coefficient (Wildman–Crippen LogP) is 1.56. The molecule has 0 aliphatic carbocycles. The number of nitrogens with one attached hydrogen (secondary N) is 1. The van der Waals surface area contributed by atoms with Crippen molar-refractivity contribution in [2.75, 3.05) is 39.9 Å². The summed E-state index contributed by atoms with van der Waals surface area (Å²) in [6.07, 6.45) is 7.80. The molecule has 24 heavy (non-hydrogen) atoms. The number of hydrogen-bond donors (Lipinski definition) is 1. The minimum Gasteiger partial charge on any atom is -0.376 e. The van der Waals surface area contributed by atoms with Gasteiger partial charge in [-0.1, -0.05) is 0 Å². The minimum absolute atomic E-state index is 0. The fraction of sp³-hybridized carbons (Fsp3) is 0.750. The van der Waals surface area contributed by atoms with Crippen molar-refractivity contribution in [2.24, 2.45) is 12.0 Å². The molecule has 1 aromatic rings. The van der Waals surface area contributed by atoms with Gasteiger partial charge in [0.2, 0.25) is 0 Å². The Morgan fingerprint density at radius 1 is 1.38 bits per heavy atom. The highest BCUT2D eigenvalue weighted by atomic mass is 127. The van der Waals surface area contributed by atoms with E-state index in [1.807, 2.05) is 31.2 Å². The third kappa shape index (κ3) is 5.06. The molecule has 2 fully saturated rings. The summed E-state index contributed by atoms with van der Waals surface area (Å²) in [5.74, 6) is 0.927. The molecule has 1 N–H and O–H groups in total. The van der Waals surface area contributed by atoms with Crippen molar-refractivity contribution in [1.82, 2.24) is 20.0 Å². The van der Waals surface area contributed by atoms with Gasteiger partial charge in [0.25, 0.3) is 0 Å². The lowest BCUT2D eigenvalue weighted by Gasteiger charge is -2.35. The number of aromatic nitrogens is 2. The third-order valence-corrected chi connectivity index (χ3v) is 4.44. The van der Waals surface area contributed by atoms with Gasteiger partial charge in [0.1, 0.15) is 6.10 Å². The molecule has 7 nitrogen and oxygen atoms in total. The summed E-state index contributed by atoms with van der Waals surface area (Å²) in [7, 11) is 3.76. The molecule has 0 aromatic carbocycles. The van der Waals surface area contributed by atoms with E-state index in [1.54, 1.807) is 0 Å². The van der Waals surface area contributed by atoms with Gasteiger partial charge in [-0.25, -0.2) is 0 Å². The Bertz CT molecular complexity index is 530. The summed E-state index contributed by atoms with van der Waals surface area (Å²) < 4.78 is 13.5. The lowest BCUT2D eigenvalue weighted by atomic mass is 10.1. The average molecular weight is 449 g/mol. The van der Waals surface area contributed by atoms with Crippen LogP contribution in [-0.2, 0) is 16.5 Å². The molecule has 0 amide bonds. The molecule has 2 aliphatic heterocycles. The average Bonchev–Trinajstić information content (AvgIpc) is 3.03. The molecule has 3 heterocycles. The SMILES string of the molecule is CN=C(NCC1CCCCO1)N1CCOC(c2cnn(C)c2)C1.I. The second-order valence-corrected chi connectivity index (χ2v) is 6.17. The van der Waals surface area contributed by atoms with Crippen LogP contribution in [0.15, 0.2) is 17.4 Å². The fourth-order valence-electron chi connectivity index (χ4n) is 3.16. The number of guanidine groups is 1. The standard InChI is InChI=1S/C16H27N5O2.HI/c1-17-16(18-10-14-5-3-4-7-22-14)21-6-8-23-15(12-21)13-9-19-20(2)11-13;/h9,11,14-15H,3-8,10,12H2,1-2H3,(H,17,18);1H. The Morgan fingerprint density at radius 3 is 2.92 bits per heavy atom. The van der Waals surface area contributed by atoms with Crippen molar-refractivity contribution < 1.29 is 9.47 Å². The Kier molecular flexibility index (Phi) is 7.76. The third-order valence-electron chi connectivity index (χ3n) is 4.44. The van der Waals surface area contributed by atoms with Gasteiger partial charge in [0.15, 0.2) is 5.96 Å². The molecule has 0 bridgehead atoms. The summed E-state index contributed by atoms with van der Waals surface area (Å²) in [5.41, 5.74) is 1.11. The van der Waals surface area contributed by atoms with Gasteiger partial charge in [-0.2, -0.15) is 5.10 Å². The monoisotopic (exact) mass is 449 g/mol. The van der Waals surface area contributed by atoms with Gasteiger partial charge in [0, 0.05) is 45.6 Å². The Balaban J connectivity index is 0.00000208. The molecule has 2 saturated heterocycles. The Morgan fingerprint density at radius 2 is 2.25 bits per heavy atom. The highest BCUT2D eigenvalue weighted by Crippen LogP contribution is 2.21. The Hall–Kier alpha value is -0.870. The number of aryl methyl sites for hydroxylation is 1. The van der Waals surface area contributed by atoms with E-state index in [9.17, 15) is 0 Å². The molecular weight excluding hydrogens is 421 g/mol. The van der Waals surface area contributed by atoms with Gasteiger partial charge in [-0.05, 0) is 19.3 Å². The molecule has 2 atom stereocenters. The van der Waals surface area contributed by atoms with Crippen LogP contribution in [0, 0.1) is 0 Å². The second kappa shape index (κ2) is 9.57. The van der Waals surface area contributed by atoms with Crippen LogP contribution in [0.4, 0.5) is 0 Å². The summed E-state index contributed by atoms with van der Waals surface area (Å²) in [6.45, 7) is 4.03. The van der Waals surface area contributed by atoms with Gasteiger partial charge in [-0.3, -0.25) is 9.67 Å². The zero-order valence-electron chi connectivity index (χ0n) is 14.5. The first kappa shape index (κ1) is 19.5. The first-order chi connectivity index (χ1) is 11.3. The first-order valence-electron chi connectivity index (χ1n) is 8.43. The molecule has 0 saturated carbocycles. The summed E-state index contributed by atoms with van der Waals surface area (Å²) in [5, 5.41) is 7.70. The number of aliphatic imine (C=N–C) groups is 1. The van der Waals surface area contributed by atoms with E-state index in [4.69, 9.17) is 9.47 Å². The summed E-state index contributed by atoms with van der Waals surface area (Å²) in [4.78, 5) is 6.68. The molecule has 0 radical (unpaired) electrons. The van der Waals surface area contributed by atoms with Gasteiger partial charge >= 0.3 is 0 Å². The van der Waals surface area contributed by atoms with Crippen molar-refractivity contribution in [3.63, 3.8) is 0 Å². The fourth-order valence-corrected chi connectivity index (χ4v) is 3.16. The van der Waals surface area contributed by atoms with Gasteiger partial charge in [-0.15, -0.1) is 24.0 Å². The van der Waals surface area contributed by atoms with Crippen LogP contribution in [0.1, 0.15) is 30.9 Å². The molecule has 2 aliphatic rings. The number of ether oxygens (including phenoxy) is 2. The van der Waals surface area contributed by atoms with E-state index in [0.717, 1.165) is 44.2 Å². The molecular formula is C16H28IN5O2. The zero-order valence-corrected chi connectivity index (χ0v) is 16.8. The number of nitrogens with zero attached hydrogens (tertiary/aromatic N) is 4. The van der Waals surface area contributed by atoms with E-state index in [-0.39, 0.29) is 30.1 Å². The van der Waals surface area contributed by atoms with E-state index in [0.29, 0.717) is 12.7 Å². The second-order valence-electron chi connectivity index (χ2n) is 6.17. The first-order valence-corrected chi connectivity index (χ1v) is 8.43. The molecule has 2 unspecified atom stereocenters. The van der Waals surface area contributed by atoms with Crippen molar-refractivity contribution in [2.45, 2.75) is 31.5 Å². The van der Waals surface area contributed by atoms with Crippen molar-refractivity contribution >= 4 is 29.9 Å². The molecule has 1 aromatic heterocycles. The van der Waals surface area contributed by atoms with Crippen LogP contribution >= 0.6 is 24.0 Å². The highest BCUT2D eigenvalue weighted by molar-refractivity contribution is 14.0. The van der Waals surface area contributed by atoms with E-state index < -0.39 is 0 Å². The normalized spacial score (nSPS) is 25.2. The maximum absolute atomic E-state index is 5.89. The topological polar surface area (TPSA) is 63.9 Å². The maximum atomic E-state index is 5.89. The number of hydrogen-bond acceptors (Lipinski definition) is 4. The van der Waals surface area contributed by atoms with Crippen molar-refractivity contribution in [3.05, 3.63) is 18.0 Å². The van der Waals surface area contributed by atoms with Crippen molar-refractivity contribution in [3.8, 4) is 0 Å². The van der Waals surface area contributed by atoms with Crippen LogP contribution in [0.2, 0.25) is 0 Å². The summed E-state index contributed by atoms with van der Waals surface area (Å²) in [6, 6.07) is 0. The lowest BCUT2D eigenvalue weighted by molar-refractivity contribution is -0.00923. The zero-order chi connectivity index (χ0) is 16.1. The number of halogens is 1. The predicted molar refractivity (Wildman–Crippen MR) is 104 cm³/mol. The highest BCUT2D eigenvalue weighted by Gasteiger charge is 2.25.